The summed E-state index contributed by atoms with van der Waals surface area (Å²) >= 11 is 0. The Bertz CT molecular complexity index is 949. The summed E-state index contributed by atoms with van der Waals surface area (Å²) in [5.41, 5.74) is 1.40. The van der Waals surface area contributed by atoms with Gasteiger partial charge in [0.15, 0.2) is 0 Å². The number of aromatic nitrogens is 3. The maximum absolute atomic E-state index is 13.1. The largest absolute Gasteiger partial charge is 0.396 e. The van der Waals surface area contributed by atoms with Crippen LogP contribution in [-0.2, 0) is 24.9 Å². The van der Waals surface area contributed by atoms with E-state index in [-0.39, 0.29) is 19.3 Å². The van der Waals surface area contributed by atoms with E-state index in [4.69, 9.17) is 9.84 Å². The molecule has 9 nitrogen and oxygen atoms in total. The van der Waals surface area contributed by atoms with Gasteiger partial charge in [-0.2, -0.15) is 0 Å². The highest BCUT2D eigenvalue weighted by molar-refractivity contribution is 5.71. The number of pyridine rings is 1. The van der Waals surface area contributed by atoms with Gasteiger partial charge >= 0.3 is 5.69 Å². The Hall–Kier alpha value is -2.65. The third-order valence-electron chi connectivity index (χ3n) is 4.62. The summed E-state index contributed by atoms with van der Waals surface area (Å²) in [4.78, 5) is 31.9. The van der Waals surface area contributed by atoms with Crippen molar-refractivity contribution in [2.24, 2.45) is 7.05 Å². The van der Waals surface area contributed by atoms with Crippen LogP contribution in [0.25, 0.3) is 0 Å². The van der Waals surface area contributed by atoms with Crippen molar-refractivity contribution in [3.05, 3.63) is 50.4 Å². The quantitative estimate of drug-likeness (QED) is 0.721. The molecule has 0 saturated carbocycles. The van der Waals surface area contributed by atoms with Crippen LogP contribution in [0.1, 0.15) is 31.5 Å². The molecule has 0 fully saturated rings. The van der Waals surface area contributed by atoms with Gasteiger partial charge in [0, 0.05) is 38.6 Å². The number of aliphatic hydroxyl groups is 1. The van der Waals surface area contributed by atoms with Crippen LogP contribution in [0.15, 0.2) is 27.9 Å². The number of aliphatic hydroxyl groups excluding tert-OH is 1. The zero-order chi connectivity index (χ0) is 20.4. The van der Waals surface area contributed by atoms with E-state index in [0.29, 0.717) is 24.5 Å². The normalized spacial score (nSPS) is 15.8. The minimum Gasteiger partial charge on any atom is -0.396 e. The van der Waals surface area contributed by atoms with Gasteiger partial charge in [-0.1, -0.05) is 6.07 Å². The molecule has 2 aromatic heterocycles. The molecule has 2 N–H and O–H groups in total. The number of ether oxygens (including phenoxy) is 1. The van der Waals surface area contributed by atoms with Gasteiger partial charge in [-0.05, 0) is 38.8 Å². The molecule has 2 aromatic rings. The Kier molecular flexibility index (Phi) is 5.85. The number of hydrogen-bond donors (Lipinski definition) is 2. The molecule has 0 saturated heterocycles. The molecular weight excluding hydrogens is 362 g/mol. The summed E-state index contributed by atoms with van der Waals surface area (Å²) < 4.78 is 8.54. The first-order valence-corrected chi connectivity index (χ1v) is 9.38. The first-order valence-electron chi connectivity index (χ1n) is 9.38. The Labute approximate surface area is 163 Å². The molecule has 0 radical (unpaired) electrons. The molecule has 1 aliphatic heterocycles. The monoisotopic (exact) mass is 389 g/mol. The van der Waals surface area contributed by atoms with E-state index in [9.17, 15) is 9.59 Å². The summed E-state index contributed by atoms with van der Waals surface area (Å²) in [6.07, 6.45) is 1.43. The first kappa shape index (κ1) is 20.1. The molecular formula is C19H27N5O4. The van der Waals surface area contributed by atoms with Crippen molar-refractivity contribution in [3.63, 3.8) is 0 Å². The molecule has 0 aromatic carbocycles. The zero-order valence-electron chi connectivity index (χ0n) is 16.7. The second-order valence-electron chi connectivity index (χ2n) is 7.19. The highest BCUT2D eigenvalue weighted by atomic mass is 16.5. The van der Waals surface area contributed by atoms with Gasteiger partial charge in [-0.3, -0.25) is 18.9 Å². The van der Waals surface area contributed by atoms with E-state index >= 15 is 0 Å². The van der Waals surface area contributed by atoms with Crippen LogP contribution in [0, 0.1) is 6.92 Å². The topological polar surface area (TPSA) is 102 Å². The number of fused-ring (bicyclic) bond motifs is 1. The molecule has 1 unspecified atom stereocenters. The van der Waals surface area contributed by atoms with Gasteiger partial charge in [-0.25, -0.2) is 4.79 Å². The summed E-state index contributed by atoms with van der Waals surface area (Å²) in [6.45, 7) is 6.20. The van der Waals surface area contributed by atoms with Crippen molar-refractivity contribution >= 4 is 11.5 Å². The van der Waals surface area contributed by atoms with Crippen molar-refractivity contribution in [1.82, 2.24) is 14.1 Å². The molecule has 1 aliphatic rings. The first-order chi connectivity index (χ1) is 13.3. The molecule has 0 spiro atoms. The zero-order valence-corrected chi connectivity index (χ0v) is 16.7. The van der Waals surface area contributed by atoms with E-state index in [0.717, 1.165) is 15.8 Å². The Morgan fingerprint density at radius 2 is 2.07 bits per heavy atom. The smallest absolute Gasteiger partial charge is 0.332 e. The van der Waals surface area contributed by atoms with Crippen LogP contribution in [0.3, 0.4) is 0 Å². The summed E-state index contributed by atoms with van der Waals surface area (Å²) in [7, 11) is 1.62. The van der Waals surface area contributed by atoms with Crippen LogP contribution < -0.4 is 21.5 Å². The van der Waals surface area contributed by atoms with E-state index in [2.05, 4.69) is 10.3 Å². The predicted molar refractivity (Wildman–Crippen MR) is 106 cm³/mol. The lowest BCUT2D eigenvalue weighted by Gasteiger charge is -2.27. The van der Waals surface area contributed by atoms with Crippen LogP contribution in [0.2, 0.25) is 0 Å². The lowest BCUT2D eigenvalue weighted by atomic mass is 10.2. The Morgan fingerprint density at radius 1 is 1.32 bits per heavy atom. The summed E-state index contributed by atoms with van der Waals surface area (Å²) in [5.74, 6) is 0.431. The summed E-state index contributed by atoms with van der Waals surface area (Å²) in [5, 5.41) is 12.3. The summed E-state index contributed by atoms with van der Waals surface area (Å²) in [6, 6.07) is 3.87. The number of nitrogens with zero attached hydrogens (tertiary/aromatic N) is 4. The number of rotatable bonds is 7. The van der Waals surface area contributed by atoms with E-state index in [1.165, 1.54) is 4.57 Å². The highest BCUT2D eigenvalue weighted by Crippen LogP contribution is 2.32. The van der Waals surface area contributed by atoms with Crippen molar-refractivity contribution in [2.45, 2.75) is 52.7 Å². The van der Waals surface area contributed by atoms with Crippen molar-refractivity contribution in [2.75, 3.05) is 16.8 Å². The van der Waals surface area contributed by atoms with Gasteiger partial charge in [0.25, 0.3) is 5.56 Å². The highest BCUT2D eigenvalue weighted by Gasteiger charge is 2.36. The van der Waals surface area contributed by atoms with Gasteiger partial charge in [0.2, 0.25) is 6.35 Å². The van der Waals surface area contributed by atoms with E-state index in [1.807, 2.05) is 37.8 Å². The molecule has 0 bridgehead atoms. The molecule has 0 amide bonds. The number of anilines is 2. The van der Waals surface area contributed by atoms with Crippen LogP contribution >= 0.6 is 0 Å². The molecule has 3 heterocycles. The van der Waals surface area contributed by atoms with Gasteiger partial charge in [-0.15, -0.1) is 0 Å². The second kappa shape index (κ2) is 8.15. The Morgan fingerprint density at radius 3 is 2.68 bits per heavy atom. The standard InChI is InChI=1S/C19H27N5O4/c1-12(2)28-18-21-16-15(24(18)11-14-7-6-13(3)20-10-14)17(26)23(8-5-9-25)19(27)22(16)4/h6-7,10,12,18,21,25H,5,8-9,11H2,1-4H3. The molecule has 9 heteroatoms. The minimum atomic E-state index is -0.580. The minimum absolute atomic E-state index is 0.0842. The fourth-order valence-corrected chi connectivity index (χ4v) is 3.23. The average molecular weight is 389 g/mol. The third-order valence-corrected chi connectivity index (χ3v) is 4.62. The fraction of sp³-hybridized carbons (Fsp3) is 0.526. The third kappa shape index (κ3) is 3.81. The van der Waals surface area contributed by atoms with Gasteiger partial charge < -0.3 is 20.1 Å². The van der Waals surface area contributed by atoms with Gasteiger partial charge in [0.1, 0.15) is 11.5 Å². The van der Waals surface area contributed by atoms with Crippen molar-refractivity contribution in [1.29, 1.82) is 0 Å². The van der Waals surface area contributed by atoms with Crippen LogP contribution in [0.4, 0.5) is 11.5 Å². The van der Waals surface area contributed by atoms with E-state index < -0.39 is 17.6 Å². The molecule has 1 atom stereocenters. The van der Waals surface area contributed by atoms with Crippen LogP contribution in [0.5, 0.6) is 0 Å². The van der Waals surface area contributed by atoms with Crippen molar-refractivity contribution < 1.29 is 9.84 Å². The lowest BCUT2D eigenvalue weighted by molar-refractivity contribution is 0.0248. The maximum atomic E-state index is 13.1. The number of aryl methyl sites for hydroxylation is 1. The van der Waals surface area contributed by atoms with Crippen molar-refractivity contribution in [3.8, 4) is 0 Å². The second-order valence-corrected chi connectivity index (χ2v) is 7.19. The lowest BCUT2D eigenvalue weighted by Crippen LogP contribution is -2.43. The fourth-order valence-electron chi connectivity index (χ4n) is 3.23. The van der Waals surface area contributed by atoms with Gasteiger partial charge in [0.05, 0.1) is 6.10 Å². The maximum Gasteiger partial charge on any atom is 0.332 e. The predicted octanol–water partition coefficient (Wildman–Crippen LogP) is 0.774. The molecule has 0 aliphatic carbocycles. The molecule has 152 valence electrons. The van der Waals surface area contributed by atoms with Crippen LogP contribution in [-0.4, -0.2) is 38.3 Å². The molecule has 28 heavy (non-hydrogen) atoms. The number of nitrogens with one attached hydrogen (secondary N) is 1. The Balaban J connectivity index is 2.08. The molecule has 3 rings (SSSR count). The average Bonchev–Trinajstić information content (AvgIpc) is 2.99. The van der Waals surface area contributed by atoms with E-state index in [1.54, 1.807) is 13.2 Å². The number of hydrogen-bond acceptors (Lipinski definition) is 7. The SMILES string of the molecule is Cc1ccc(CN2c3c(n(C)c(=O)n(CCCO)c3=O)NC2OC(C)C)cn1.